The molecule has 1 aliphatic rings. The fraction of sp³-hybridized carbons (Fsp3) is 0.538. The minimum atomic E-state index is 0.0981. The lowest BCUT2D eigenvalue weighted by Crippen LogP contribution is -2.49. The molecule has 1 fully saturated rings. The molecule has 1 saturated heterocycles. The highest BCUT2D eigenvalue weighted by molar-refractivity contribution is 5.78. The van der Waals surface area contributed by atoms with Crippen LogP contribution in [0.5, 0.6) is 0 Å². The highest BCUT2D eigenvalue weighted by Crippen LogP contribution is 2.06. The lowest BCUT2D eigenvalue weighted by Gasteiger charge is -2.34. The summed E-state index contributed by atoms with van der Waals surface area (Å²) in [5.41, 5.74) is 6.91. The minimum Gasteiger partial charge on any atom is -0.397 e. The molecule has 0 unspecified atom stereocenters. The van der Waals surface area contributed by atoms with Crippen molar-refractivity contribution in [2.45, 2.75) is 6.42 Å². The Morgan fingerprint density at radius 1 is 1.32 bits per heavy atom. The van der Waals surface area contributed by atoms with E-state index in [1.165, 1.54) is 0 Å². The zero-order chi connectivity index (χ0) is 13.7. The topological polar surface area (TPSA) is 82.7 Å². The van der Waals surface area contributed by atoms with Crippen LogP contribution in [0.1, 0.15) is 5.69 Å². The summed E-state index contributed by atoms with van der Waals surface area (Å²) in [5, 5.41) is 8.87. The van der Waals surface area contributed by atoms with Gasteiger partial charge in [-0.15, -0.1) is 0 Å². The fourth-order valence-corrected chi connectivity index (χ4v) is 2.17. The van der Waals surface area contributed by atoms with Gasteiger partial charge in [0.15, 0.2) is 0 Å². The summed E-state index contributed by atoms with van der Waals surface area (Å²) in [6, 6.07) is 3.55. The number of nitrogens with two attached hydrogens (primary N) is 1. The Morgan fingerprint density at radius 3 is 2.63 bits per heavy atom. The number of amides is 1. The van der Waals surface area contributed by atoms with Gasteiger partial charge in [-0.2, -0.15) is 0 Å². The smallest absolute Gasteiger partial charge is 0.228 e. The average molecular weight is 264 g/mol. The Bertz CT molecular complexity index is 413. The first-order valence-electron chi connectivity index (χ1n) is 6.50. The van der Waals surface area contributed by atoms with Crippen LogP contribution in [0.2, 0.25) is 0 Å². The monoisotopic (exact) mass is 264 g/mol. The van der Waals surface area contributed by atoms with Crippen LogP contribution in [-0.4, -0.2) is 65.1 Å². The number of carbonyl (C=O) groups excluding carboxylic acids is 1. The van der Waals surface area contributed by atoms with Crippen LogP contribution in [0.3, 0.4) is 0 Å². The molecular formula is C13H20N4O2. The number of pyridine rings is 1. The number of nitrogens with zero attached hydrogens (tertiary/aromatic N) is 3. The highest BCUT2D eigenvalue weighted by atomic mass is 16.3. The Hall–Kier alpha value is -1.66. The third kappa shape index (κ3) is 3.90. The number of nitrogen functional groups attached to an aromatic ring is 1. The number of hydrogen-bond donors (Lipinski definition) is 2. The number of anilines is 1. The van der Waals surface area contributed by atoms with Gasteiger partial charge in [0.2, 0.25) is 5.91 Å². The van der Waals surface area contributed by atoms with Crippen LogP contribution >= 0.6 is 0 Å². The van der Waals surface area contributed by atoms with Gasteiger partial charge in [0.1, 0.15) is 0 Å². The molecule has 0 aliphatic carbocycles. The summed E-state index contributed by atoms with van der Waals surface area (Å²) >= 11 is 0. The van der Waals surface area contributed by atoms with Crippen molar-refractivity contribution in [2.75, 3.05) is 45.1 Å². The first-order chi connectivity index (χ1) is 9.19. The zero-order valence-corrected chi connectivity index (χ0v) is 11.0. The number of piperazine rings is 1. The van der Waals surface area contributed by atoms with E-state index in [1.54, 1.807) is 18.3 Å². The molecule has 2 heterocycles. The molecule has 2 rings (SSSR count). The molecule has 0 bridgehead atoms. The molecule has 6 heteroatoms. The van der Waals surface area contributed by atoms with Crippen molar-refractivity contribution >= 4 is 11.6 Å². The molecule has 1 aliphatic heterocycles. The largest absolute Gasteiger partial charge is 0.397 e. The van der Waals surface area contributed by atoms with Gasteiger partial charge in [-0.3, -0.25) is 14.7 Å². The van der Waals surface area contributed by atoms with Gasteiger partial charge in [0.25, 0.3) is 0 Å². The predicted molar refractivity (Wildman–Crippen MR) is 72.5 cm³/mol. The van der Waals surface area contributed by atoms with E-state index in [2.05, 4.69) is 9.88 Å². The molecule has 0 saturated carbocycles. The molecule has 0 radical (unpaired) electrons. The molecule has 0 atom stereocenters. The van der Waals surface area contributed by atoms with Gasteiger partial charge >= 0.3 is 0 Å². The maximum absolute atomic E-state index is 12.1. The van der Waals surface area contributed by atoms with E-state index in [-0.39, 0.29) is 12.5 Å². The van der Waals surface area contributed by atoms with E-state index in [0.717, 1.165) is 18.8 Å². The van der Waals surface area contributed by atoms with Gasteiger partial charge in [-0.05, 0) is 12.1 Å². The van der Waals surface area contributed by atoms with Crippen molar-refractivity contribution in [3.05, 3.63) is 24.0 Å². The van der Waals surface area contributed by atoms with Crippen LogP contribution in [0.4, 0.5) is 5.69 Å². The van der Waals surface area contributed by atoms with E-state index in [1.807, 2.05) is 4.90 Å². The van der Waals surface area contributed by atoms with Crippen LogP contribution in [0, 0.1) is 0 Å². The summed E-state index contributed by atoms with van der Waals surface area (Å²) in [6.45, 7) is 3.93. The Balaban J connectivity index is 1.83. The summed E-state index contributed by atoms with van der Waals surface area (Å²) in [5.74, 6) is 0.0981. The number of hydrogen-bond acceptors (Lipinski definition) is 5. The van der Waals surface area contributed by atoms with Crippen molar-refractivity contribution < 1.29 is 9.90 Å². The number of carbonyl (C=O) groups is 1. The van der Waals surface area contributed by atoms with E-state index in [0.29, 0.717) is 31.7 Å². The summed E-state index contributed by atoms with van der Waals surface area (Å²) in [4.78, 5) is 20.3. The third-order valence-electron chi connectivity index (χ3n) is 3.32. The molecule has 1 aromatic heterocycles. The number of aliphatic hydroxyl groups excluding tert-OH is 1. The van der Waals surface area contributed by atoms with Crippen molar-refractivity contribution in [1.29, 1.82) is 0 Å². The highest BCUT2D eigenvalue weighted by Gasteiger charge is 2.20. The van der Waals surface area contributed by atoms with Gasteiger partial charge in [-0.25, -0.2) is 0 Å². The van der Waals surface area contributed by atoms with Gasteiger partial charge in [0, 0.05) is 38.4 Å². The molecular weight excluding hydrogens is 244 g/mol. The van der Waals surface area contributed by atoms with Gasteiger partial charge in [0.05, 0.1) is 24.9 Å². The fourth-order valence-electron chi connectivity index (χ4n) is 2.17. The van der Waals surface area contributed by atoms with Crippen molar-refractivity contribution in [3.63, 3.8) is 0 Å². The number of β-amino-alcohol motifs (C(OH)–C–C–N with tert-alkyl or cyclic N) is 1. The first kappa shape index (κ1) is 13.8. The molecule has 104 valence electrons. The molecule has 0 aromatic carbocycles. The van der Waals surface area contributed by atoms with Crippen molar-refractivity contribution in [2.24, 2.45) is 0 Å². The SMILES string of the molecule is Nc1ccc(CC(=O)N2CCN(CCO)CC2)nc1. The number of aromatic nitrogens is 1. The molecule has 0 spiro atoms. The summed E-state index contributed by atoms with van der Waals surface area (Å²) in [6.07, 6.45) is 1.89. The zero-order valence-electron chi connectivity index (χ0n) is 11.0. The second-order valence-corrected chi connectivity index (χ2v) is 4.71. The molecule has 3 N–H and O–H groups in total. The number of rotatable bonds is 4. The van der Waals surface area contributed by atoms with E-state index < -0.39 is 0 Å². The van der Waals surface area contributed by atoms with E-state index in [9.17, 15) is 4.79 Å². The lowest BCUT2D eigenvalue weighted by molar-refractivity contribution is -0.132. The van der Waals surface area contributed by atoms with Crippen LogP contribution < -0.4 is 5.73 Å². The summed E-state index contributed by atoms with van der Waals surface area (Å²) in [7, 11) is 0. The lowest BCUT2D eigenvalue weighted by atomic mass is 10.2. The molecule has 1 aromatic rings. The maximum Gasteiger partial charge on any atom is 0.228 e. The summed E-state index contributed by atoms with van der Waals surface area (Å²) < 4.78 is 0. The van der Waals surface area contributed by atoms with E-state index in [4.69, 9.17) is 10.8 Å². The number of aliphatic hydroxyl groups is 1. The van der Waals surface area contributed by atoms with Gasteiger partial charge in [-0.1, -0.05) is 0 Å². The quantitative estimate of drug-likeness (QED) is 0.754. The Labute approximate surface area is 112 Å². The van der Waals surface area contributed by atoms with Crippen LogP contribution in [0.15, 0.2) is 18.3 Å². The second-order valence-electron chi connectivity index (χ2n) is 4.71. The van der Waals surface area contributed by atoms with Crippen LogP contribution in [-0.2, 0) is 11.2 Å². The Morgan fingerprint density at radius 2 is 2.05 bits per heavy atom. The van der Waals surface area contributed by atoms with Crippen molar-refractivity contribution in [3.8, 4) is 0 Å². The van der Waals surface area contributed by atoms with E-state index >= 15 is 0 Å². The molecule has 1 amide bonds. The molecule has 19 heavy (non-hydrogen) atoms. The van der Waals surface area contributed by atoms with Crippen molar-refractivity contribution in [1.82, 2.24) is 14.8 Å². The molecule has 6 nitrogen and oxygen atoms in total. The average Bonchev–Trinajstić information content (AvgIpc) is 2.42. The standard InChI is InChI=1S/C13H20N4O2/c14-11-1-2-12(15-10-11)9-13(19)17-5-3-16(4-6-17)7-8-18/h1-2,10,18H,3-9,14H2. The Kier molecular flexibility index (Phi) is 4.70. The van der Waals surface area contributed by atoms with Crippen LogP contribution in [0.25, 0.3) is 0 Å². The second kappa shape index (κ2) is 6.49. The predicted octanol–water partition coefficient (Wildman–Crippen LogP) is -0.657. The minimum absolute atomic E-state index is 0.0981. The third-order valence-corrected chi connectivity index (χ3v) is 3.32. The normalized spacial score (nSPS) is 16.6. The maximum atomic E-state index is 12.1. The van der Waals surface area contributed by atoms with Gasteiger partial charge < -0.3 is 15.7 Å². The first-order valence-corrected chi connectivity index (χ1v) is 6.50.